The second-order valence-electron chi connectivity index (χ2n) is 6.88. The van der Waals surface area contributed by atoms with Gasteiger partial charge in [0, 0.05) is 18.8 Å². The third kappa shape index (κ3) is 3.49. The Bertz CT molecular complexity index is 933. The first-order chi connectivity index (χ1) is 14.1. The van der Waals surface area contributed by atoms with Crippen LogP contribution in [0.2, 0.25) is 0 Å². The number of benzene rings is 1. The Hall–Kier alpha value is -3.20. The summed E-state index contributed by atoms with van der Waals surface area (Å²) in [5.74, 6) is -0.00816. The van der Waals surface area contributed by atoms with Gasteiger partial charge in [0.25, 0.3) is 5.91 Å². The normalized spacial score (nSPS) is 19.2. The van der Waals surface area contributed by atoms with Crippen LogP contribution in [0.15, 0.2) is 47.9 Å². The van der Waals surface area contributed by atoms with Gasteiger partial charge in [0.05, 0.1) is 25.9 Å². The third-order valence-corrected chi connectivity index (χ3v) is 5.27. The van der Waals surface area contributed by atoms with Crippen molar-refractivity contribution in [3.63, 3.8) is 0 Å². The average molecular weight is 397 g/mol. The minimum Gasteiger partial charge on any atom is -0.468 e. The van der Waals surface area contributed by atoms with E-state index in [0.29, 0.717) is 43.5 Å². The quantitative estimate of drug-likeness (QED) is 0.711. The maximum atomic E-state index is 13.6. The number of anilines is 1. The molecule has 1 aromatic carbocycles. The van der Waals surface area contributed by atoms with Crippen LogP contribution in [0, 0.1) is 0 Å². The first kappa shape index (κ1) is 19.1. The molecule has 3 heterocycles. The number of allylic oxidation sites excluding steroid dienone is 1. The summed E-state index contributed by atoms with van der Waals surface area (Å²) in [5, 5.41) is 4.39. The zero-order valence-corrected chi connectivity index (χ0v) is 16.4. The predicted octanol–water partition coefficient (Wildman–Crippen LogP) is 0.993. The lowest BCUT2D eigenvalue weighted by atomic mass is 9.94. The summed E-state index contributed by atoms with van der Waals surface area (Å²) in [6, 6.07) is 9.28. The van der Waals surface area contributed by atoms with Crippen LogP contribution in [0.4, 0.5) is 5.95 Å². The summed E-state index contributed by atoms with van der Waals surface area (Å²) in [6.07, 6.45) is 1.44. The highest BCUT2D eigenvalue weighted by molar-refractivity contribution is 5.97. The van der Waals surface area contributed by atoms with Crippen LogP contribution in [0.5, 0.6) is 0 Å². The van der Waals surface area contributed by atoms with Gasteiger partial charge in [-0.2, -0.15) is 10.1 Å². The van der Waals surface area contributed by atoms with Crippen LogP contribution in [0.25, 0.3) is 0 Å². The number of rotatable bonds is 4. The largest absolute Gasteiger partial charge is 0.468 e. The minimum atomic E-state index is -0.432. The zero-order chi connectivity index (χ0) is 20.4. The molecule has 29 heavy (non-hydrogen) atoms. The van der Waals surface area contributed by atoms with E-state index in [1.165, 1.54) is 13.4 Å². The molecule has 1 aromatic heterocycles. The number of ether oxygens (including phenoxy) is 2. The van der Waals surface area contributed by atoms with Crippen LogP contribution < -0.4 is 4.90 Å². The molecule has 1 amide bonds. The van der Waals surface area contributed by atoms with Crippen LogP contribution in [0.3, 0.4) is 0 Å². The Morgan fingerprint density at radius 3 is 2.62 bits per heavy atom. The van der Waals surface area contributed by atoms with Crippen molar-refractivity contribution in [2.24, 2.45) is 0 Å². The highest BCUT2D eigenvalue weighted by atomic mass is 16.5. The van der Waals surface area contributed by atoms with Gasteiger partial charge in [0.1, 0.15) is 18.9 Å². The number of hydrogen-bond donors (Lipinski definition) is 0. The number of hydrogen-bond acceptors (Lipinski definition) is 7. The molecule has 0 aliphatic carbocycles. The van der Waals surface area contributed by atoms with E-state index in [4.69, 9.17) is 9.47 Å². The van der Waals surface area contributed by atoms with Crippen molar-refractivity contribution in [1.82, 2.24) is 19.7 Å². The van der Waals surface area contributed by atoms with Gasteiger partial charge in [-0.05, 0) is 12.5 Å². The van der Waals surface area contributed by atoms with Gasteiger partial charge in [-0.3, -0.25) is 9.59 Å². The summed E-state index contributed by atoms with van der Waals surface area (Å²) in [4.78, 5) is 33.4. The Kier molecular flexibility index (Phi) is 5.30. The molecule has 0 bridgehead atoms. The van der Waals surface area contributed by atoms with Gasteiger partial charge in [0.15, 0.2) is 0 Å². The first-order valence-corrected chi connectivity index (χ1v) is 9.48. The molecular weight excluding hydrogens is 374 g/mol. The van der Waals surface area contributed by atoms with Crippen LogP contribution in [-0.4, -0.2) is 71.5 Å². The Balaban J connectivity index is 1.84. The van der Waals surface area contributed by atoms with E-state index in [1.807, 2.05) is 37.3 Å². The SMILES string of the molecule is COC(=O)CN1C(C)=C(C(=O)N2CCOCC2)[C@@H](c2ccccc2)n2ncnc21. The van der Waals surface area contributed by atoms with Gasteiger partial charge >= 0.3 is 5.97 Å². The van der Waals surface area contributed by atoms with E-state index in [0.717, 1.165) is 5.56 Å². The van der Waals surface area contributed by atoms with E-state index in [2.05, 4.69) is 10.1 Å². The van der Waals surface area contributed by atoms with Crippen molar-refractivity contribution in [3.05, 3.63) is 53.5 Å². The van der Waals surface area contributed by atoms with Crippen molar-refractivity contribution in [1.29, 1.82) is 0 Å². The number of carbonyl (C=O) groups is 2. The molecule has 4 rings (SSSR count). The first-order valence-electron chi connectivity index (χ1n) is 9.48. The maximum Gasteiger partial charge on any atom is 0.325 e. The molecule has 2 aromatic rings. The smallest absolute Gasteiger partial charge is 0.325 e. The number of fused-ring (bicyclic) bond motifs is 1. The number of methoxy groups -OCH3 is 1. The molecule has 0 radical (unpaired) electrons. The topological polar surface area (TPSA) is 89.8 Å². The molecule has 0 N–H and O–H groups in total. The fraction of sp³-hybridized carbons (Fsp3) is 0.400. The van der Waals surface area contributed by atoms with E-state index in [9.17, 15) is 9.59 Å². The number of morpholine rings is 1. The molecule has 2 aliphatic heterocycles. The monoisotopic (exact) mass is 397 g/mol. The lowest BCUT2D eigenvalue weighted by molar-refractivity contribution is -0.139. The molecule has 9 heteroatoms. The number of aromatic nitrogens is 3. The summed E-state index contributed by atoms with van der Waals surface area (Å²) in [7, 11) is 1.34. The van der Waals surface area contributed by atoms with Crippen LogP contribution >= 0.6 is 0 Å². The fourth-order valence-electron chi connectivity index (χ4n) is 3.77. The molecule has 0 saturated carbocycles. The fourth-order valence-corrected chi connectivity index (χ4v) is 3.77. The summed E-state index contributed by atoms with van der Waals surface area (Å²) in [6.45, 7) is 3.85. The lowest BCUT2D eigenvalue weighted by Crippen LogP contribution is -2.46. The van der Waals surface area contributed by atoms with E-state index < -0.39 is 12.0 Å². The maximum absolute atomic E-state index is 13.6. The van der Waals surface area contributed by atoms with E-state index in [-0.39, 0.29) is 12.5 Å². The molecule has 9 nitrogen and oxygen atoms in total. The highest BCUT2D eigenvalue weighted by Crippen LogP contribution is 2.38. The van der Waals surface area contributed by atoms with Gasteiger partial charge in [-0.15, -0.1) is 0 Å². The number of amides is 1. The van der Waals surface area contributed by atoms with Crippen molar-refractivity contribution in [3.8, 4) is 0 Å². The molecule has 1 atom stereocenters. The van der Waals surface area contributed by atoms with Crippen molar-refractivity contribution in [2.45, 2.75) is 13.0 Å². The third-order valence-electron chi connectivity index (χ3n) is 5.27. The van der Waals surface area contributed by atoms with Crippen molar-refractivity contribution >= 4 is 17.8 Å². The summed E-state index contributed by atoms with van der Waals surface area (Å²) >= 11 is 0. The van der Waals surface area contributed by atoms with Crippen LogP contribution in [0.1, 0.15) is 18.5 Å². The van der Waals surface area contributed by atoms with Crippen molar-refractivity contribution < 1.29 is 19.1 Å². The molecule has 2 aliphatic rings. The molecule has 0 spiro atoms. The molecule has 1 fully saturated rings. The molecule has 1 saturated heterocycles. The van der Waals surface area contributed by atoms with E-state index in [1.54, 1.807) is 14.5 Å². The van der Waals surface area contributed by atoms with Gasteiger partial charge < -0.3 is 19.3 Å². The number of carbonyl (C=O) groups excluding carboxylic acids is 2. The summed E-state index contributed by atoms with van der Waals surface area (Å²) < 4.78 is 11.9. The molecule has 152 valence electrons. The predicted molar refractivity (Wildman–Crippen MR) is 104 cm³/mol. The molecule has 0 unspecified atom stereocenters. The second-order valence-corrected chi connectivity index (χ2v) is 6.88. The number of esters is 1. The zero-order valence-electron chi connectivity index (χ0n) is 16.4. The van der Waals surface area contributed by atoms with Crippen LogP contribution in [-0.2, 0) is 19.1 Å². The average Bonchev–Trinajstić information content (AvgIpc) is 3.25. The lowest BCUT2D eigenvalue weighted by Gasteiger charge is -2.37. The highest BCUT2D eigenvalue weighted by Gasteiger charge is 2.39. The second kappa shape index (κ2) is 8.04. The van der Waals surface area contributed by atoms with Gasteiger partial charge in [-0.1, -0.05) is 30.3 Å². The Morgan fingerprint density at radius 2 is 1.93 bits per heavy atom. The van der Waals surface area contributed by atoms with Gasteiger partial charge in [-0.25, -0.2) is 4.68 Å². The Labute approximate surface area is 168 Å². The van der Waals surface area contributed by atoms with Gasteiger partial charge in [0.2, 0.25) is 5.95 Å². The van der Waals surface area contributed by atoms with Crippen molar-refractivity contribution in [2.75, 3.05) is 44.9 Å². The number of nitrogens with zero attached hydrogens (tertiary/aromatic N) is 5. The summed E-state index contributed by atoms with van der Waals surface area (Å²) in [5.41, 5.74) is 2.16. The molecular formula is C20H23N5O4. The van der Waals surface area contributed by atoms with E-state index >= 15 is 0 Å². The minimum absolute atomic E-state index is 0.0531. The Morgan fingerprint density at radius 1 is 1.21 bits per heavy atom. The standard InChI is InChI=1S/C20H23N5O4/c1-14-17(19(27)23-8-10-29-11-9-23)18(15-6-4-3-5-7-15)25-20(21-13-22-25)24(14)12-16(26)28-2/h3-7,13,18H,8-12H2,1-2H3/t18-/m1/s1.